The molecule has 0 bridgehead atoms. The number of aliphatic hydroxyl groups is 2. The number of phosphoric ester groups is 1. The first-order valence-electron chi connectivity index (χ1n) is 6.55. The Kier molecular flexibility index (Phi) is 8.46. The van der Waals surface area contributed by atoms with Crippen LogP contribution in [0.25, 0.3) is 11.2 Å². The average molecular weight is 408 g/mol. The van der Waals surface area contributed by atoms with Crippen LogP contribution in [-0.4, -0.2) is 54.7 Å². The number of hydrogen-bond donors (Lipinski definition) is 4. The Morgan fingerprint density at radius 3 is 2.54 bits per heavy atom. The summed E-state index contributed by atoms with van der Waals surface area (Å²) in [5.41, 5.74) is -1.79. The molecule has 4 atom stereocenters. The third-order valence-electron chi connectivity index (χ3n) is 3.48. The van der Waals surface area contributed by atoms with E-state index in [1.165, 1.54) is 0 Å². The summed E-state index contributed by atoms with van der Waals surface area (Å²) in [6.45, 7) is -0.803. The van der Waals surface area contributed by atoms with Crippen LogP contribution in [0.5, 0.6) is 0 Å². The second-order valence-electron chi connectivity index (χ2n) is 5.05. The van der Waals surface area contributed by atoms with Gasteiger partial charge in [0.2, 0.25) is 0 Å². The van der Waals surface area contributed by atoms with Gasteiger partial charge in [-0.3, -0.25) is 19.3 Å². The molecule has 3 heterocycles. The summed E-state index contributed by atoms with van der Waals surface area (Å²) in [5.74, 6) is 0. The van der Waals surface area contributed by atoms with E-state index >= 15 is 0 Å². The minimum atomic E-state index is -5.28. The minimum absolute atomic E-state index is 0. The van der Waals surface area contributed by atoms with E-state index in [1.807, 2.05) is 4.98 Å². The van der Waals surface area contributed by atoms with E-state index in [2.05, 4.69) is 14.5 Å². The molecule has 2 aromatic heterocycles. The molecule has 0 aliphatic carbocycles. The number of aromatic amines is 2. The van der Waals surface area contributed by atoms with Gasteiger partial charge in [0.1, 0.15) is 24.0 Å². The molecule has 13 nitrogen and oxygen atoms in total. The molecule has 0 saturated carbocycles. The van der Waals surface area contributed by atoms with E-state index in [0.717, 1.165) is 10.9 Å². The molecule has 26 heavy (non-hydrogen) atoms. The topological polar surface area (TPSA) is 206 Å². The number of phosphoric acid groups is 1. The fourth-order valence-corrected chi connectivity index (χ4v) is 2.74. The molecule has 3 rings (SSSR count). The van der Waals surface area contributed by atoms with Gasteiger partial charge in [0.05, 0.1) is 20.8 Å². The van der Waals surface area contributed by atoms with Gasteiger partial charge < -0.3 is 33.8 Å². The van der Waals surface area contributed by atoms with Crippen LogP contribution in [0.3, 0.4) is 0 Å². The van der Waals surface area contributed by atoms with E-state index in [-0.39, 0.29) is 70.3 Å². The molecule has 2 aromatic rings. The summed E-state index contributed by atoms with van der Waals surface area (Å²) in [6.07, 6.45) is -4.67. The monoisotopic (exact) mass is 408 g/mol. The molecular weight excluding hydrogens is 397 g/mol. The van der Waals surface area contributed by atoms with E-state index in [9.17, 15) is 34.2 Å². The van der Waals surface area contributed by atoms with Crippen molar-refractivity contribution >= 4 is 19.0 Å². The second kappa shape index (κ2) is 9.09. The quantitative estimate of drug-likeness (QED) is 0.277. The number of aromatic nitrogens is 4. The van der Waals surface area contributed by atoms with Gasteiger partial charge in [-0.1, -0.05) is 0 Å². The molecule has 0 amide bonds. The van der Waals surface area contributed by atoms with E-state index < -0.39 is 50.2 Å². The van der Waals surface area contributed by atoms with Crippen LogP contribution in [0.1, 0.15) is 6.23 Å². The molecule has 0 aromatic carbocycles. The fraction of sp³-hybridized carbons (Fsp3) is 0.500. The molecule has 132 valence electrons. The first-order chi connectivity index (χ1) is 11.2. The number of rotatable bonds is 4. The molecule has 1 aliphatic heterocycles. The molecule has 0 spiro atoms. The van der Waals surface area contributed by atoms with Crippen molar-refractivity contribution in [1.29, 1.82) is 0 Å². The van der Waals surface area contributed by atoms with Crippen LogP contribution in [0.4, 0.5) is 0 Å². The number of nitrogens with zero attached hydrogens (tertiary/aromatic N) is 2. The largest absolute Gasteiger partial charge is 1.00 e. The summed E-state index contributed by atoms with van der Waals surface area (Å²) >= 11 is 0. The van der Waals surface area contributed by atoms with Gasteiger partial charge in [-0.2, -0.15) is 0 Å². The number of ether oxygens (including phenoxy) is 1. The normalized spacial score (nSPS) is 25.7. The zero-order chi connectivity index (χ0) is 17.6. The van der Waals surface area contributed by atoms with Crippen molar-refractivity contribution in [2.75, 3.05) is 6.61 Å². The van der Waals surface area contributed by atoms with Crippen molar-refractivity contribution in [3.8, 4) is 0 Å². The van der Waals surface area contributed by atoms with Gasteiger partial charge in [-0.25, -0.2) is 9.78 Å². The maximum atomic E-state index is 11.6. The molecule has 0 unspecified atom stereocenters. The maximum Gasteiger partial charge on any atom is 1.00 e. The van der Waals surface area contributed by atoms with Gasteiger partial charge in [0.25, 0.3) is 5.56 Å². The third-order valence-corrected chi connectivity index (χ3v) is 3.94. The number of nitrogens with one attached hydrogen (secondary N) is 2. The summed E-state index contributed by atoms with van der Waals surface area (Å²) in [6, 6.07) is 0. The number of aliphatic hydroxyl groups excluding tert-OH is 2. The summed E-state index contributed by atoms with van der Waals surface area (Å²) in [7, 11) is -5.28. The molecule has 4 N–H and O–H groups in total. The van der Waals surface area contributed by atoms with E-state index in [1.54, 1.807) is 0 Å². The van der Waals surface area contributed by atoms with E-state index in [4.69, 9.17) is 4.74 Å². The summed E-state index contributed by atoms with van der Waals surface area (Å²) in [4.78, 5) is 52.0. The Morgan fingerprint density at radius 2 is 1.92 bits per heavy atom. The van der Waals surface area contributed by atoms with Gasteiger partial charge in [0.15, 0.2) is 11.7 Å². The standard InChI is InChI=1S/C10H13N4O9P.2Na/c15-5-3(1-22-24(19,20)21)23-9(6(5)16)14-2-11-4-7(14)12-10(18)13-8(4)17;;/h2-3,5-6,9,15-16H,1H2,(H2,19,20,21)(H2,12,13,17,18);;/q;2*+1/p-2/t3-,5-,6+,9-;;/m1../s1. The SMILES string of the molecule is O=c1[nH]c(=O)c2ncn([C@@H]3O[C@H](COP(=O)([O-])[O-])[C@@H](O)[C@@H]3O)c2[nH]1.[Na+].[Na+]. The van der Waals surface area contributed by atoms with Crippen molar-refractivity contribution in [3.05, 3.63) is 27.2 Å². The van der Waals surface area contributed by atoms with Crippen LogP contribution in [-0.2, 0) is 13.8 Å². The van der Waals surface area contributed by atoms with Crippen LogP contribution in [0, 0.1) is 0 Å². The van der Waals surface area contributed by atoms with Gasteiger partial charge in [-0.05, 0) is 0 Å². The number of imidazole rings is 1. The molecule has 16 heteroatoms. The van der Waals surface area contributed by atoms with Gasteiger partial charge in [-0.15, -0.1) is 0 Å². The first kappa shape index (κ1) is 24.2. The predicted molar refractivity (Wildman–Crippen MR) is 70.5 cm³/mol. The van der Waals surface area contributed by atoms with Crippen LogP contribution in [0.2, 0.25) is 0 Å². The fourth-order valence-electron chi connectivity index (χ4n) is 2.41. The van der Waals surface area contributed by atoms with Crippen molar-refractivity contribution < 1.29 is 92.9 Å². The van der Waals surface area contributed by atoms with E-state index in [0.29, 0.717) is 0 Å². The summed E-state index contributed by atoms with van der Waals surface area (Å²) < 4.78 is 20.9. The summed E-state index contributed by atoms with van der Waals surface area (Å²) in [5, 5.41) is 19.9. The van der Waals surface area contributed by atoms with Crippen molar-refractivity contribution in [2.24, 2.45) is 0 Å². The zero-order valence-electron chi connectivity index (χ0n) is 13.7. The number of fused-ring (bicyclic) bond motifs is 1. The maximum absolute atomic E-state index is 11.6. The second-order valence-corrected chi connectivity index (χ2v) is 6.20. The van der Waals surface area contributed by atoms with Crippen LogP contribution >= 0.6 is 7.82 Å². The van der Waals surface area contributed by atoms with Gasteiger partial charge >= 0.3 is 64.8 Å². The Bertz CT molecular complexity index is 923. The zero-order valence-corrected chi connectivity index (χ0v) is 18.6. The Hall–Kier alpha value is 0.140. The van der Waals surface area contributed by atoms with Crippen molar-refractivity contribution in [3.63, 3.8) is 0 Å². The molecule has 0 radical (unpaired) electrons. The Balaban J connectivity index is 0.00000169. The Morgan fingerprint density at radius 1 is 1.27 bits per heavy atom. The molecular formula is C10H11N4Na2O9P. The first-order valence-corrected chi connectivity index (χ1v) is 8.01. The minimum Gasteiger partial charge on any atom is -0.790 e. The molecule has 1 aliphatic rings. The van der Waals surface area contributed by atoms with Gasteiger partial charge in [0, 0.05) is 0 Å². The van der Waals surface area contributed by atoms with Crippen LogP contribution in [0.15, 0.2) is 15.9 Å². The molecule has 1 fully saturated rings. The van der Waals surface area contributed by atoms with Crippen molar-refractivity contribution in [2.45, 2.75) is 24.5 Å². The smallest absolute Gasteiger partial charge is 0.790 e. The third kappa shape index (κ3) is 4.94. The van der Waals surface area contributed by atoms with Crippen LogP contribution < -0.4 is 80.2 Å². The predicted octanol–water partition coefficient (Wildman–Crippen LogP) is -10.1. The number of hydrogen-bond acceptors (Lipinski definition) is 10. The number of H-pyrrole nitrogens is 2. The average Bonchev–Trinajstić information content (AvgIpc) is 3.00. The van der Waals surface area contributed by atoms with Crippen molar-refractivity contribution in [1.82, 2.24) is 19.5 Å². The Labute approximate surface area is 188 Å². The molecule has 1 saturated heterocycles.